The van der Waals surface area contributed by atoms with Crippen molar-refractivity contribution in [2.45, 2.75) is 78.4 Å². The number of hydrogen-bond acceptors (Lipinski definition) is 2. The summed E-state index contributed by atoms with van der Waals surface area (Å²) >= 11 is 0. The second-order valence-corrected chi connectivity index (χ2v) is 6.79. The van der Waals surface area contributed by atoms with Gasteiger partial charge in [-0.2, -0.15) is 0 Å². The fourth-order valence-corrected chi connectivity index (χ4v) is 2.93. The van der Waals surface area contributed by atoms with Gasteiger partial charge >= 0.3 is 0 Å². The molecule has 0 amide bonds. The number of nitrogens with one attached hydrogen (secondary N) is 1. The molecule has 0 saturated heterocycles. The Kier molecular flexibility index (Phi) is 5.46. The molecule has 0 spiro atoms. The predicted octanol–water partition coefficient (Wildman–Crippen LogP) is 3.27. The van der Waals surface area contributed by atoms with Crippen LogP contribution in [0.25, 0.3) is 0 Å². The fourth-order valence-electron chi connectivity index (χ4n) is 2.93. The highest BCUT2D eigenvalue weighted by Crippen LogP contribution is 2.37. The summed E-state index contributed by atoms with van der Waals surface area (Å²) in [4.78, 5) is 2.56. The first-order chi connectivity index (χ1) is 7.87. The van der Waals surface area contributed by atoms with Crippen LogP contribution in [0.4, 0.5) is 0 Å². The van der Waals surface area contributed by atoms with Crippen molar-refractivity contribution in [1.29, 1.82) is 0 Å². The zero-order chi connectivity index (χ0) is 13.1. The number of likely N-dealkylation sites (N-methyl/N-ethyl adjacent to an activating group) is 1. The van der Waals surface area contributed by atoms with E-state index < -0.39 is 0 Å². The van der Waals surface area contributed by atoms with Crippen LogP contribution in [0, 0.1) is 5.41 Å². The van der Waals surface area contributed by atoms with Crippen LogP contribution in [0.15, 0.2) is 0 Å². The lowest BCUT2D eigenvalue weighted by Gasteiger charge is -2.46. The highest BCUT2D eigenvalue weighted by Gasteiger charge is 2.37. The van der Waals surface area contributed by atoms with Gasteiger partial charge in [0.05, 0.1) is 0 Å². The predicted molar refractivity (Wildman–Crippen MR) is 76.4 cm³/mol. The van der Waals surface area contributed by atoms with E-state index in [1.165, 1.54) is 25.7 Å². The molecule has 0 aromatic heterocycles. The van der Waals surface area contributed by atoms with Crippen LogP contribution in [0.2, 0.25) is 0 Å². The van der Waals surface area contributed by atoms with E-state index in [1.807, 2.05) is 0 Å². The van der Waals surface area contributed by atoms with Gasteiger partial charge in [0.2, 0.25) is 0 Å². The smallest absolute Gasteiger partial charge is 0.0254 e. The Labute approximate surface area is 108 Å². The van der Waals surface area contributed by atoms with Gasteiger partial charge in [-0.15, -0.1) is 0 Å². The fraction of sp³-hybridized carbons (Fsp3) is 1.00. The Bertz CT molecular complexity index is 223. The molecule has 2 heteroatoms. The molecule has 1 N–H and O–H groups in total. The molecule has 2 nitrogen and oxygen atoms in total. The van der Waals surface area contributed by atoms with E-state index in [1.54, 1.807) is 0 Å². The molecule has 0 heterocycles. The molecule has 1 fully saturated rings. The van der Waals surface area contributed by atoms with Gasteiger partial charge in [-0.25, -0.2) is 0 Å². The number of hydrogen-bond donors (Lipinski definition) is 1. The molecule has 1 aliphatic carbocycles. The molecule has 0 aliphatic heterocycles. The van der Waals surface area contributed by atoms with Crippen molar-refractivity contribution in [2.24, 2.45) is 5.41 Å². The Morgan fingerprint density at radius 3 is 2.53 bits per heavy atom. The van der Waals surface area contributed by atoms with E-state index in [9.17, 15) is 0 Å². The molecule has 0 bridgehead atoms. The zero-order valence-corrected chi connectivity index (χ0v) is 12.7. The van der Waals surface area contributed by atoms with Crippen molar-refractivity contribution in [3.05, 3.63) is 0 Å². The minimum absolute atomic E-state index is 0.512. The normalized spacial score (nSPS) is 28.9. The summed E-state index contributed by atoms with van der Waals surface area (Å²) in [6.07, 6.45) is 5.24. The molecule has 1 rings (SSSR count). The standard InChI is InChI=1S/C15H32N2/c1-7-10-16-13-8-9-15(4,5)11-14(13)17(6)12(2)3/h12-14,16H,7-11H2,1-6H3. The van der Waals surface area contributed by atoms with E-state index >= 15 is 0 Å². The topological polar surface area (TPSA) is 15.3 Å². The van der Waals surface area contributed by atoms with Gasteiger partial charge in [0.25, 0.3) is 0 Å². The molecule has 1 saturated carbocycles. The quantitative estimate of drug-likeness (QED) is 0.793. The number of nitrogens with zero attached hydrogens (tertiary/aromatic N) is 1. The molecule has 102 valence electrons. The Morgan fingerprint density at radius 2 is 2.00 bits per heavy atom. The van der Waals surface area contributed by atoms with Crippen LogP contribution in [0.3, 0.4) is 0 Å². The van der Waals surface area contributed by atoms with Gasteiger partial charge in [0, 0.05) is 18.1 Å². The van der Waals surface area contributed by atoms with Crippen molar-refractivity contribution < 1.29 is 0 Å². The third kappa shape index (κ3) is 4.26. The Morgan fingerprint density at radius 1 is 1.35 bits per heavy atom. The van der Waals surface area contributed by atoms with Crippen molar-refractivity contribution >= 4 is 0 Å². The molecule has 1 aliphatic rings. The van der Waals surface area contributed by atoms with Gasteiger partial charge in [-0.3, -0.25) is 4.90 Å². The zero-order valence-electron chi connectivity index (χ0n) is 12.7. The number of rotatable bonds is 5. The summed E-state index contributed by atoms with van der Waals surface area (Å²) in [7, 11) is 2.29. The van der Waals surface area contributed by atoms with Gasteiger partial charge in [-0.05, 0) is 58.5 Å². The monoisotopic (exact) mass is 240 g/mol. The molecule has 17 heavy (non-hydrogen) atoms. The first-order valence-electron chi connectivity index (χ1n) is 7.32. The van der Waals surface area contributed by atoms with Crippen LogP contribution >= 0.6 is 0 Å². The molecule has 2 atom stereocenters. The van der Waals surface area contributed by atoms with Gasteiger partial charge < -0.3 is 5.32 Å². The largest absolute Gasteiger partial charge is 0.312 e. The van der Waals surface area contributed by atoms with Crippen molar-refractivity contribution in [2.75, 3.05) is 13.6 Å². The minimum atomic E-state index is 0.512. The second kappa shape index (κ2) is 6.19. The third-order valence-corrected chi connectivity index (χ3v) is 4.35. The van der Waals surface area contributed by atoms with Gasteiger partial charge in [-0.1, -0.05) is 20.8 Å². The van der Waals surface area contributed by atoms with E-state index in [-0.39, 0.29) is 0 Å². The summed E-state index contributed by atoms with van der Waals surface area (Å²) in [5, 5.41) is 3.75. The summed E-state index contributed by atoms with van der Waals surface area (Å²) in [5.74, 6) is 0. The second-order valence-electron chi connectivity index (χ2n) is 6.79. The van der Waals surface area contributed by atoms with Gasteiger partial charge in [0.1, 0.15) is 0 Å². The van der Waals surface area contributed by atoms with Crippen molar-refractivity contribution in [1.82, 2.24) is 10.2 Å². The summed E-state index contributed by atoms with van der Waals surface area (Å²) in [6, 6.07) is 2.03. The van der Waals surface area contributed by atoms with Crippen molar-refractivity contribution in [3.8, 4) is 0 Å². The Hall–Kier alpha value is -0.0800. The molecule has 2 unspecified atom stereocenters. The summed E-state index contributed by atoms with van der Waals surface area (Å²) in [5.41, 5.74) is 0.512. The lowest BCUT2D eigenvalue weighted by Crippen LogP contribution is -2.55. The molecular formula is C15H32N2. The average Bonchev–Trinajstić information content (AvgIpc) is 2.25. The van der Waals surface area contributed by atoms with Gasteiger partial charge in [0.15, 0.2) is 0 Å². The lowest BCUT2D eigenvalue weighted by atomic mass is 9.72. The van der Waals surface area contributed by atoms with Crippen LogP contribution in [0.1, 0.15) is 60.3 Å². The maximum atomic E-state index is 3.75. The summed E-state index contributed by atoms with van der Waals surface area (Å²) < 4.78 is 0. The maximum absolute atomic E-state index is 3.75. The first kappa shape index (κ1) is 15.0. The highest BCUT2D eigenvalue weighted by atomic mass is 15.2. The third-order valence-electron chi connectivity index (χ3n) is 4.35. The maximum Gasteiger partial charge on any atom is 0.0254 e. The SMILES string of the molecule is CCCNC1CCC(C)(C)CC1N(C)C(C)C. The lowest BCUT2D eigenvalue weighted by molar-refractivity contribution is 0.0640. The highest BCUT2D eigenvalue weighted by molar-refractivity contribution is 4.94. The molecule has 0 radical (unpaired) electrons. The minimum Gasteiger partial charge on any atom is -0.312 e. The van der Waals surface area contributed by atoms with Crippen LogP contribution in [-0.4, -0.2) is 36.6 Å². The van der Waals surface area contributed by atoms with Crippen LogP contribution in [0.5, 0.6) is 0 Å². The van der Waals surface area contributed by atoms with Crippen molar-refractivity contribution in [3.63, 3.8) is 0 Å². The average molecular weight is 240 g/mol. The molecule has 0 aromatic rings. The van der Waals surface area contributed by atoms with E-state index in [4.69, 9.17) is 0 Å². The van der Waals surface area contributed by atoms with Crippen LogP contribution in [-0.2, 0) is 0 Å². The molecule has 0 aromatic carbocycles. The van der Waals surface area contributed by atoms with E-state index in [0.29, 0.717) is 23.5 Å². The first-order valence-corrected chi connectivity index (χ1v) is 7.32. The molecular weight excluding hydrogens is 208 g/mol. The van der Waals surface area contributed by atoms with E-state index in [2.05, 4.69) is 51.9 Å². The van der Waals surface area contributed by atoms with E-state index in [0.717, 1.165) is 6.54 Å². The summed E-state index contributed by atoms with van der Waals surface area (Å²) in [6.45, 7) is 12.9. The Balaban J connectivity index is 2.67. The van der Waals surface area contributed by atoms with Crippen LogP contribution < -0.4 is 5.32 Å².